The molecule has 0 atom stereocenters. The summed E-state index contributed by atoms with van der Waals surface area (Å²) in [6.07, 6.45) is 2.27. The highest BCUT2D eigenvalue weighted by Crippen LogP contribution is 2.36. The van der Waals surface area contributed by atoms with Crippen molar-refractivity contribution in [1.82, 2.24) is 0 Å². The van der Waals surface area contributed by atoms with E-state index in [4.69, 9.17) is 9.47 Å². The van der Waals surface area contributed by atoms with Gasteiger partial charge >= 0.3 is 0 Å². The molecule has 0 N–H and O–H groups in total. The SMILES string of the molecule is CCC.CCCOc1ccc(C(C)(C)c2ccc(C(C)(C)c3ccc(OCC(C)(C)C)cc3)cc2)cc1. The van der Waals surface area contributed by atoms with Crippen molar-refractivity contribution in [2.75, 3.05) is 13.2 Å². The van der Waals surface area contributed by atoms with Gasteiger partial charge < -0.3 is 9.47 Å². The third-order valence-corrected chi connectivity index (χ3v) is 6.62. The van der Waals surface area contributed by atoms with Crippen molar-refractivity contribution in [3.8, 4) is 11.5 Å². The Bertz CT molecular complexity index is 1050. The van der Waals surface area contributed by atoms with Gasteiger partial charge in [-0.25, -0.2) is 0 Å². The molecule has 202 valence electrons. The second kappa shape index (κ2) is 13.2. The van der Waals surface area contributed by atoms with Crippen LogP contribution < -0.4 is 9.47 Å². The Balaban J connectivity index is 0.00000153. The summed E-state index contributed by atoms with van der Waals surface area (Å²) in [5.41, 5.74) is 5.15. The fraction of sp³-hybridized carbons (Fsp3) is 0.486. The fourth-order valence-electron chi connectivity index (χ4n) is 4.09. The van der Waals surface area contributed by atoms with Crippen LogP contribution in [0.1, 0.15) is 104 Å². The van der Waals surface area contributed by atoms with E-state index in [-0.39, 0.29) is 16.2 Å². The molecule has 3 aromatic carbocycles. The van der Waals surface area contributed by atoms with Crippen LogP contribution in [0.4, 0.5) is 0 Å². The molecule has 3 aromatic rings. The second-order valence-corrected chi connectivity index (χ2v) is 12.3. The summed E-state index contributed by atoms with van der Waals surface area (Å²) in [5, 5.41) is 0. The third kappa shape index (κ3) is 8.66. The van der Waals surface area contributed by atoms with E-state index >= 15 is 0 Å². The van der Waals surface area contributed by atoms with Crippen molar-refractivity contribution in [1.29, 1.82) is 0 Å². The Morgan fingerprint density at radius 1 is 0.486 bits per heavy atom. The minimum absolute atomic E-state index is 0.0853. The Kier molecular flexibility index (Phi) is 10.9. The summed E-state index contributed by atoms with van der Waals surface area (Å²) in [4.78, 5) is 0. The first kappa shape index (κ1) is 30.5. The Hall–Kier alpha value is -2.74. The highest BCUT2D eigenvalue weighted by molar-refractivity contribution is 5.45. The predicted octanol–water partition coefficient (Wildman–Crippen LogP) is 9.97. The van der Waals surface area contributed by atoms with Gasteiger partial charge in [-0.2, -0.15) is 0 Å². The molecule has 0 spiro atoms. The van der Waals surface area contributed by atoms with Crippen molar-refractivity contribution < 1.29 is 9.47 Å². The van der Waals surface area contributed by atoms with Crippen LogP contribution in [0, 0.1) is 5.41 Å². The molecular formula is C35H50O2. The van der Waals surface area contributed by atoms with Gasteiger partial charge in [0, 0.05) is 10.8 Å². The highest BCUT2D eigenvalue weighted by atomic mass is 16.5. The summed E-state index contributed by atoms with van der Waals surface area (Å²) in [7, 11) is 0. The number of rotatable bonds is 9. The first-order chi connectivity index (χ1) is 17.3. The maximum Gasteiger partial charge on any atom is 0.119 e. The molecule has 2 nitrogen and oxygen atoms in total. The Morgan fingerprint density at radius 3 is 1.08 bits per heavy atom. The lowest BCUT2D eigenvalue weighted by Gasteiger charge is -2.30. The first-order valence-corrected chi connectivity index (χ1v) is 13.9. The van der Waals surface area contributed by atoms with Gasteiger partial charge in [0.15, 0.2) is 0 Å². The number of hydrogen-bond donors (Lipinski definition) is 0. The molecule has 0 radical (unpaired) electrons. The average Bonchev–Trinajstić information content (AvgIpc) is 2.87. The summed E-state index contributed by atoms with van der Waals surface area (Å²) in [6, 6.07) is 26.2. The molecule has 0 amide bonds. The van der Waals surface area contributed by atoms with Gasteiger partial charge in [0.25, 0.3) is 0 Å². The largest absolute Gasteiger partial charge is 0.494 e. The van der Waals surface area contributed by atoms with E-state index in [1.807, 2.05) is 0 Å². The molecule has 3 rings (SSSR count). The summed E-state index contributed by atoms with van der Waals surface area (Å²) in [6.45, 7) is 23.5. The van der Waals surface area contributed by atoms with E-state index in [0.717, 1.165) is 24.5 Å². The Labute approximate surface area is 227 Å². The minimum atomic E-state index is -0.0938. The maximum absolute atomic E-state index is 5.96. The van der Waals surface area contributed by atoms with Gasteiger partial charge in [-0.3, -0.25) is 0 Å². The summed E-state index contributed by atoms with van der Waals surface area (Å²) < 4.78 is 11.7. The van der Waals surface area contributed by atoms with Gasteiger partial charge in [-0.15, -0.1) is 0 Å². The summed E-state index contributed by atoms with van der Waals surface area (Å²) in [5.74, 6) is 1.87. The molecule has 0 aliphatic heterocycles. The predicted molar refractivity (Wildman–Crippen MR) is 160 cm³/mol. The smallest absolute Gasteiger partial charge is 0.119 e. The standard InChI is InChI=1S/C32H42O2.C3H8/c1-9-22-33-28-18-14-26(15-19-28)31(5,6)24-10-12-25(13-11-24)32(7,8)27-16-20-29(21-17-27)34-23-30(2,3)4;1-3-2/h10-21H,9,22-23H2,1-8H3;3H2,1-2H3. The third-order valence-electron chi connectivity index (χ3n) is 6.62. The zero-order valence-electron chi connectivity index (χ0n) is 25.1. The van der Waals surface area contributed by atoms with E-state index in [1.165, 1.54) is 28.7 Å². The van der Waals surface area contributed by atoms with Crippen LogP contribution in [0.3, 0.4) is 0 Å². The van der Waals surface area contributed by atoms with Crippen LogP contribution in [-0.2, 0) is 10.8 Å². The van der Waals surface area contributed by atoms with Crippen LogP contribution in [0.5, 0.6) is 11.5 Å². The molecule has 0 saturated heterocycles. The molecule has 0 aliphatic carbocycles. The van der Waals surface area contributed by atoms with Gasteiger partial charge in [-0.05, 0) is 58.4 Å². The normalized spacial score (nSPS) is 11.9. The first-order valence-electron chi connectivity index (χ1n) is 13.9. The molecule has 0 saturated carbocycles. The van der Waals surface area contributed by atoms with Crippen molar-refractivity contribution >= 4 is 0 Å². The monoisotopic (exact) mass is 502 g/mol. The number of ether oxygens (including phenoxy) is 2. The van der Waals surface area contributed by atoms with E-state index in [9.17, 15) is 0 Å². The zero-order chi connectivity index (χ0) is 27.7. The fourth-order valence-corrected chi connectivity index (χ4v) is 4.09. The van der Waals surface area contributed by atoms with Gasteiger partial charge in [0.2, 0.25) is 0 Å². The molecule has 0 unspecified atom stereocenters. The van der Waals surface area contributed by atoms with Crippen molar-refractivity contribution in [2.24, 2.45) is 5.41 Å². The topological polar surface area (TPSA) is 18.5 Å². The average molecular weight is 503 g/mol. The van der Waals surface area contributed by atoms with Crippen molar-refractivity contribution in [3.05, 3.63) is 95.1 Å². The van der Waals surface area contributed by atoms with Gasteiger partial charge in [0.05, 0.1) is 13.2 Å². The van der Waals surface area contributed by atoms with E-state index in [1.54, 1.807) is 0 Å². The number of hydrogen-bond acceptors (Lipinski definition) is 2. The van der Waals surface area contributed by atoms with E-state index in [0.29, 0.717) is 6.61 Å². The lowest BCUT2D eigenvalue weighted by Crippen LogP contribution is -2.21. The molecule has 0 aliphatic rings. The molecule has 37 heavy (non-hydrogen) atoms. The molecule has 2 heteroatoms. The maximum atomic E-state index is 5.96. The van der Waals surface area contributed by atoms with Crippen LogP contribution in [-0.4, -0.2) is 13.2 Å². The molecular weight excluding hydrogens is 452 g/mol. The van der Waals surface area contributed by atoms with Crippen LogP contribution in [0.2, 0.25) is 0 Å². The lowest BCUT2D eigenvalue weighted by molar-refractivity contribution is 0.198. The lowest BCUT2D eigenvalue weighted by atomic mass is 9.74. The van der Waals surface area contributed by atoms with Crippen LogP contribution in [0.25, 0.3) is 0 Å². The minimum Gasteiger partial charge on any atom is -0.494 e. The molecule has 0 heterocycles. The van der Waals surface area contributed by atoms with E-state index < -0.39 is 0 Å². The summed E-state index contributed by atoms with van der Waals surface area (Å²) >= 11 is 0. The second-order valence-electron chi connectivity index (χ2n) is 12.3. The van der Waals surface area contributed by atoms with Crippen molar-refractivity contribution in [3.63, 3.8) is 0 Å². The number of benzene rings is 3. The quantitative estimate of drug-likeness (QED) is 0.290. The van der Waals surface area contributed by atoms with Gasteiger partial charge in [0.1, 0.15) is 11.5 Å². The highest BCUT2D eigenvalue weighted by Gasteiger charge is 2.26. The molecule has 0 bridgehead atoms. The van der Waals surface area contributed by atoms with Gasteiger partial charge in [-0.1, -0.05) is 124 Å². The van der Waals surface area contributed by atoms with Crippen LogP contribution >= 0.6 is 0 Å². The molecule has 0 fully saturated rings. The Morgan fingerprint density at radius 2 is 0.784 bits per heavy atom. The zero-order valence-corrected chi connectivity index (χ0v) is 25.1. The van der Waals surface area contributed by atoms with Crippen LogP contribution in [0.15, 0.2) is 72.8 Å². The van der Waals surface area contributed by atoms with Crippen molar-refractivity contribution in [2.45, 2.75) is 92.9 Å². The van der Waals surface area contributed by atoms with E-state index in [2.05, 4.69) is 142 Å². The molecule has 0 aromatic heterocycles.